The smallest absolute Gasteiger partial charge is 0.269 e. The summed E-state index contributed by atoms with van der Waals surface area (Å²) in [6, 6.07) is 19.9. The van der Waals surface area contributed by atoms with E-state index in [1.165, 1.54) is 60.7 Å². The molecule has 4 amide bonds. The lowest BCUT2D eigenvalue weighted by Gasteiger charge is -2.28. The summed E-state index contributed by atoms with van der Waals surface area (Å²) >= 11 is 0. The number of nitro benzene ring substituents is 2. The highest BCUT2D eigenvalue weighted by Gasteiger charge is 2.38. The fourth-order valence-electron chi connectivity index (χ4n) is 4.80. The predicted molar refractivity (Wildman–Crippen MR) is 161 cm³/mol. The third-order valence-electron chi connectivity index (χ3n) is 6.90. The number of hydrogen-bond donors (Lipinski definition) is 0. The molecule has 2 aliphatic rings. The number of ether oxygens (including phenoxy) is 2. The van der Waals surface area contributed by atoms with Crippen molar-refractivity contribution in [2.24, 2.45) is 0 Å². The van der Waals surface area contributed by atoms with Gasteiger partial charge >= 0.3 is 0 Å². The minimum atomic E-state index is -0.754. The van der Waals surface area contributed by atoms with Crippen molar-refractivity contribution in [3.63, 3.8) is 0 Å². The van der Waals surface area contributed by atoms with Crippen molar-refractivity contribution in [1.29, 1.82) is 0 Å². The summed E-state index contributed by atoms with van der Waals surface area (Å²) < 4.78 is 11.8. The molecule has 4 aromatic carbocycles. The number of benzene rings is 4. The SMILES string of the molecule is O=C1C=CC(=O)N1c1c(Oc2ccc([N+](=O)[O-])cc2)ccc(-c2ccc(Oc3ccc([N+](=O)[O-])cc3)cc2)c1N1C(=O)C=CC1=O. The van der Waals surface area contributed by atoms with Gasteiger partial charge in [-0.2, -0.15) is 0 Å². The van der Waals surface area contributed by atoms with Crippen molar-refractivity contribution in [3.8, 4) is 34.1 Å². The van der Waals surface area contributed by atoms with Crippen LogP contribution in [0.3, 0.4) is 0 Å². The van der Waals surface area contributed by atoms with Gasteiger partial charge in [0.05, 0.1) is 15.5 Å². The lowest BCUT2D eigenvalue weighted by Crippen LogP contribution is -2.36. The number of amides is 4. The van der Waals surface area contributed by atoms with Gasteiger partial charge < -0.3 is 9.47 Å². The van der Waals surface area contributed by atoms with Crippen LogP contribution in [0.2, 0.25) is 0 Å². The van der Waals surface area contributed by atoms with Gasteiger partial charge in [0.15, 0.2) is 5.75 Å². The molecule has 0 aromatic heterocycles. The Balaban J connectivity index is 1.46. The summed E-state index contributed by atoms with van der Waals surface area (Å²) in [7, 11) is 0. The monoisotopic (exact) mass is 618 g/mol. The van der Waals surface area contributed by atoms with Crippen LogP contribution in [0.25, 0.3) is 11.1 Å². The Bertz CT molecular complexity index is 1980. The van der Waals surface area contributed by atoms with E-state index in [1.807, 2.05) is 0 Å². The van der Waals surface area contributed by atoms with Crippen LogP contribution >= 0.6 is 0 Å². The number of hydrogen-bond acceptors (Lipinski definition) is 10. The molecule has 0 fully saturated rings. The highest BCUT2D eigenvalue weighted by atomic mass is 16.6. The minimum absolute atomic E-state index is 0.0939. The van der Waals surface area contributed by atoms with Crippen molar-refractivity contribution in [3.05, 3.63) is 129 Å². The Morgan fingerprint density at radius 3 is 1.30 bits per heavy atom. The second-order valence-electron chi connectivity index (χ2n) is 9.73. The van der Waals surface area contributed by atoms with Gasteiger partial charge in [0.25, 0.3) is 35.0 Å². The molecular weight excluding hydrogens is 600 g/mol. The van der Waals surface area contributed by atoms with Crippen molar-refractivity contribution in [1.82, 2.24) is 0 Å². The molecule has 14 heteroatoms. The van der Waals surface area contributed by atoms with Crippen LogP contribution in [0.5, 0.6) is 23.0 Å². The lowest BCUT2D eigenvalue weighted by molar-refractivity contribution is -0.385. The highest BCUT2D eigenvalue weighted by molar-refractivity contribution is 6.35. The minimum Gasteiger partial charge on any atom is -0.457 e. The van der Waals surface area contributed by atoms with Crippen LogP contribution in [-0.2, 0) is 19.2 Å². The van der Waals surface area contributed by atoms with Crippen molar-refractivity contribution in [2.45, 2.75) is 0 Å². The van der Waals surface area contributed by atoms with E-state index < -0.39 is 33.5 Å². The Morgan fingerprint density at radius 2 is 0.870 bits per heavy atom. The number of carbonyl (C=O) groups is 4. The second kappa shape index (κ2) is 11.6. The molecule has 0 N–H and O–H groups in total. The van der Waals surface area contributed by atoms with Crippen molar-refractivity contribution >= 4 is 46.4 Å². The van der Waals surface area contributed by atoms with E-state index in [2.05, 4.69) is 0 Å². The van der Waals surface area contributed by atoms with Crippen LogP contribution in [0.15, 0.2) is 109 Å². The van der Waals surface area contributed by atoms with Crippen molar-refractivity contribution in [2.75, 3.05) is 9.80 Å². The van der Waals surface area contributed by atoms with E-state index in [9.17, 15) is 39.4 Å². The topological polar surface area (TPSA) is 180 Å². The molecule has 6 rings (SSSR count). The number of carbonyl (C=O) groups excluding carboxylic acids is 4. The fourth-order valence-corrected chi connectivity index (χ4v) is 4.80. The molecule has 0 saturated heterocycles. The molecule has 226 valence electrons. The van der Waals surface area contributed by atoms with E-state index in [-0.39, 0.29) is 39.8 Å². The van der Waals surface area contributed by atoms with Crippen molar-refractivity contribution < 1.29 is 38.5 Å². The van der Waals surface area contributed by atoms with E-state index in [1.54, 1.807) is 24.3 Å². The third-order valence-corrected chi connectivity index (χ3v) is 6.90. The second-order valence-corrected chi connectivity index (χ2v) is 9.73. The Hall–Kier alpha value is -6.96. The van der Waals surface area contributed by atoms with E-state index in [4.69, 9.17) is 9.47 Å². The molecule has 0 bridgehead atoms. The summed E-state index contributed by atoms with van der Waals surface area (Å²) in [6.07, 6.45) is 4.16. The maximum atomic E-state index is 13.0. The molecule has 14 nitrogen and oxygen atoms in total. The molecule has 0 saturated carbocycles. The molecule has 2 aliphatic heterocycles. The zero-order chi connectivity index (χ0) is 32.5. The molecule has 0 atom stereocenters. The Morgan fingerprint density at radius 1 is 0.478 bits per heavy atom. The quantitative estimate of drug-likeness (QED) is 0.130. The fraction of sp³-hybridized carbons (Fsp3) is 0. The molecule has 46 heavy (non-hydrogen) atoms. The maximum Gasteiger partial charge on any atom is 0.269 e. The van der Waals surface area contributed by atoms with Gasteiger partial charge in [-0.25, -0.2) is 9.80 Å². The Labute approximate surface area is 258 Å². The average molecular weight is 619 g/mol. The average Bonchev–Trinajstić information content (AvgIpc) is 3.56. The summed E-state index contributed by atoms with van der Waals surface area (Å²) in [6.45, 7) is 0. The van der Waals surface area contributed by atoms with Gasteiger partial charge in [0.1, 0.15) is 22.9 Å². The molecule has 0 aliphatic carbocycles. The Kier molecular flexibility index (Phi) is 7.35. The largest absolute Gasteiger partial charge is 0.457 e. The van der Waals surface area contributed by atoms with E-state index in [0.717, 1.165) is 34.1 Å². The number of anilines is 2. The standard InChI is InChI=1S/C32H18N4O10/c37-27-15-16-28(38)33(27)31-25(19-1-7-22(8-2-19)45-23-9-3-20(4-10-23)35(41)42)13-14-26(32(31)34-29(39)17-18-30(34)40)46-24-11-5-21(6-12-24)36(43)44/h1-18H. The normalized spacial score (nSPS) is 13.9. The molecule has 4 aromatic rings. The molecule has 0 spiro atoms. The number of non-ortho nitro benzene ring substituents is 2. The summed E-state index contributed by atoms with van der Waals surface area (Å²) in [5.41, 5.74) is 0.108. The summed E-state index contributed by atoms with van der Waals surface area (Å²) in [5.74, 6) is -2.25. The molecule has 0 unspecified atom stereocenters. The molecule has 2 heterocycles. The zero-order valence-corrected chi connectivity index (χ0v) is 23.3. The zero-order valence-electron chi connectivity index (χ0n) is 23.3. The summed E-state index contributed by atoms with van der Waals surface area (Å²) in [4.78, 5) is 74.6. The van der Waals surface area contributed by atoms with Gasteiger partial charge in [0.2, 0.25) is 0 Å². The van der Waals surface area contributed by atoms with Crippen LogP contribution in [-0.4, -0.2) is 33.5 Å². The van der Waals surface area contributed by atoms with E-state index >= 15 is 0 Å². The van der Waals surface area contributed by atoms with Crippen LogP contribution < -0.4 is 19.3 Å². The van der Waals surface area contributed by atoms with Crippen LogP contribution in [0, 0.1) is 20.2 Å². The van der Waals surface area contributed by atoms with Gasteiger partial charge in [-0.15, -0.1) is 0 Å². The molecular formula is C32H18N4O10. The number of nitrogens with zero attached hydrogens (tertiary/aromatic N) is 4. The first-order chi connectivity index (χ1) is 22.1. The predicted octanol–water partition coefficient (Wildman–Crippen LogP) is 5.61. The first kappa shape index (κ1) is 29.1. The number of rotatable bonds is 9. The van der Waals surface area contributed by atoms with E-state index in [0.29, 0.717) is 17.1 Å². The van der Waals surface area contributed by atoms with Gasteiger partial charge in [-0.05, 0) is 54.1 Å². The third kappa shape index (κ3) is 5.44. The number of nitro groups is 2. The van der Waals surface area contributed by atoms with Gasteiger partial charge in [-0.3, -0.25) is 39.4 Å². The van der Waals surface area contributed by atoms with Crippen LogP contribution in [0.4, 0.5) is 22.7 Å². The van der Waals surface area contributed by atoms with Gasteiger partial charge in [-0.1, -0.05) is 12.1 Å². The van der Waals surface area contributed by atoms with Gasteiger partial charge in [0, 0.05) is 54.1 Å². The highest BCUT2D eigenvalue weighted by Crippen LogP contribution is 2.48. The summed E-state index contributed by atoms with van der Waals surface area (Å²) in [5, 5.41) is 22.1. The lowest BCUT2D eigenvalue weighted by atomic mass is 10.00. The first-order valence-corrected chi connectivity index (χ1v) is 13.3. The van der Waals surface area contributed by atoms with Crippen LogP contribution in [0.1, 0.15) is 0 Å². The number of imide groups is 2. The maximum absolute atomic E-state index is 13.0. The first-order valence-electron chi connectivity index (χ1n) is 13.3. The molecule has 0 radical (unpaired) electrons.